The van der Waals surface area contributed by atoms with Crippen LogP contribution in [0.5, 0.6) is 11.5 Å². The molecule has 0 aliphatic carbocycles. The van der Waals surface area contributed by atoms with Gasteiger partial charge in [0.15, 0.2) is 40.7 Å². The van der Waals surface area contributed by atoms with Gasteiger partial charge in [-0.15, -0.1) is 0 Å². The van der Waals surface area contributed by atoms with Crippen LogP contribution in [0.15, 0.2) is 60.8 Å². The number of rotatable bonds is 11. The molecule has 0 fully saturated rings. The van der Waals surface area contributed by atoms with Gasteiger partial charge in [-0.2, -0.15) is 10.5 Å². The summed E-state index contributed by atoms with van der Waals surface area (Å²) in [4.78, 5) is 59.3. The zero-order valence-corrected chi connectivity index (χ0v) is 29.5. The number of aliphatic carboxylic acids is 2. The third-order valence-corrected chi connectivity index (χ3v) is 9.45. The second-order valence-electron chi connectivity index (χ2n) is 12.0. The molecule has 20 heteroatoms. The maximum atomic E-state index is 14.5. The van der Waals surface area contributed by atoms with Crippen LogP contribution in [0.25, 0.3) is 21.8 Å². The van der Waals surface area contributed by atoms with E-state index >= 15 is 0 Å². The Kier molecular flexibility index (Phi) is 10.5. The highest BCUT2D eigenvalue weighted by Gasteiger charge is 2.39. The highest BCUT2D eigenvalue weighted by atomic mass is 35.5. The van der Waals surface area contributed by atoms with E-state index in [0.717, 1.165) is 10.8 Å². The van der Waals surface area contributed by atoms with Crippen molar-refractivity contribution in [3.05, 3.63) is 117 Å². The van der Waals surface area contributed by atoms with Gasteiger partial charge in [-0.3, -0.25) is 9.59 Å². The molecule has 0 saturated carbocycles. The number of hydrogen-bond acceptors (Lipinski definition) is 10. The standard InChI is InChI=1S/C36H22Cl2F2N8O8/c37-24-23-29(48(32(24)38)14-16-5-1-2-7-20(16)40)21(11-42)44-28(31(23)50)34(52)46-26(36(55)56)25(35(53)54)45-33(51)27-30(49)19-9-18(10-41)47(22(19)12-43-27)13-15-4-3-6-17(39)8-15/h1-9,12,25-26,49-50H,13-14H2,(H,45,51)(H,46,52)(H,53,54)(H,55,56). The van der Waals surface area contributed by atoms with Crippen molar-refractivity contribution in [1.82, 2.24) is 29.7 Å². The highest BCUT2D eigenvalue weighted by Crippen LogP contribution is 2.42. The molecule has 2 atom stereocenters. The van der Waals surface area contributed by atoms with Crippen LogP contribution in [0, 0.1) is 34.3 Å². The molecule has 2 amide bonds. The molecule has 6 aromatic rings. The van der Waals surface area contributed by atoms with Gasteiger partial charge in [0.25, 0.3) is 11.8 Å². The quantitative estimate of drug-likeness (QED) is 0.107. The fraction of sp³-hybridized carbons (Fsp3) is 0.111. The van der Waals surface area contributed by atoms with E-state index in [1.54, 1.807) is 12.1 Å². The molecule has 282 valence electrons. The van der Waals surface area contributed by atoms with Crippen molar-refractivity contribution in [2.24, 2.45) is 0 Å². The van der Waals surface area contributed by atoms with Crippen LogP contribution in [0.3, 0.4) is 0 Å². The molecular weight excluding hydrogens is 781 g/mol. The average molecular weight is 804 g/mol. The summed E-state index contributed by atoms with van der Waals surface area (Å²) in [5.41, 5.74) is -1.88. The molecule has 0 aliphatic heterocycles. The van der Waals surface area contributed by atoms with E-state index in [2.05, 4.69) is 9.97 Å². The Morgan fingerprint density at radius 2 is 1.50 bits per heavy atom. The highest BCUT2D eigenvalue weighted by molar-refractivity contribution is 6.46. The summed E-state index contributed by atoms with van der Waals surface area (Å²) in [6.45, 7) is -0.335. The largest absolute Gasteiger partial charge is 0.505 e. The lowest BCUT2D eigenvalue weighted by molar-refractivity contribution is -0.147. The van der Waals surface area contributed by atoms with Gasteiger partial charge in [-0.05, 0) is 29.8 Å². The number of nitriles is 2. The number of halogens is 4. The Balaban J connectivity index is 1.31. The molecule has 0 bridgehead atoms. The van der Waals surface area contributed by atoms with Crippen molar-refractivity contribution in [2.75, 3.05) is 0 Å². The minimum atomic E-state index is -2.49. The predicted molar refractivity (Wildman–Crippen MR) is 191 cm³/mol. The first-order valence-corrected chi connectivity index (χ1v) is 16.6. The van der Waals surface area contributed by atoms with Crippen LogP contribution in [0.1, 0.15) is 43.5 Å². The van der Waals surface area contributed by atoms with E-state index < -0.39 is 76.1 Å². The summed E-state index contributed by atoms with van der Waals surface area (Å²) in [6, 6.07) is 10.9. The fourth-order valence-corrected chi connectivity index (χ4v) is 6.51. The van der Waals surface area contributed by atoms with Crippen molar-refractivity contribution < 1.29 is 48.4 Å². The smallest absolute Gasteiger partial charge is 0.329 e. The summed E-state index contributed by atoms with van der Waals surface area (Å²) in [6.07, 6.45) is 1.08. The summed E-state index contributed by atoms with van der Waals surface area (Å²) in [7, 11) is 0. The van der Waals surface area contributed by atoms with Gasteiger partial charge < -0.3 is 40.2 Å². The van der Waals surface area contributed by atoms with E-state index in [9.17, 15) is 58.9 Å². The maximum absolute atomic E-state index is 14.5. The summed E-state index contributed by atoms with van der Waals surface area (Å²) in [5, 5.41) is 64.4. The van der Waals surface area contributed by atoms with Crippen LogP contribution in [-0.4, -0.2) is 75.4 Å². The number of hydrogen-bond donors (Lipinski definition) is 6. The van der Waals surface area contributed by atoms with Gasteiger partial charge in [0, 0.05) is 17.5 Å². The zero-order chi connectivity index (χ0) is 40.6. The number of carbonyl (C=O) groups excluding carboxylic acids is 2. The number of aromatic nitrogens is 4. The molecule has 2 unspecified atom stereocenters. The van der Waals surface area contributed by atoms with Gasteiger partial charge in [0.05, 0.1) is 34.2 Å². The fourth-order valence-electron chi connectivity index (χ4n) is 5.99. The molecule has 6 rings (SSSR count). The number of amides is 2. The number of carboxylic acid groups (broad SMARTS) is 2. The first-order chi connectivity index (χ1) is 26.7. The maximum Gasteiger partial charge on any atom is 0.329 e. The SMILES string of the molecule is N#Cc1nc(C(=O)NC(C(=O)O)C(NC(=O)c2ncc3c(cc(C#N)n3Cc3cccc(F)c3)c2O)C(=O)O)c(O)c2c(Cl)c(Cl)n(Cc3ccccc3F)c12. The number of benzene rings is 2. The second kappa shape index (κ2) is 15.2. The number of fused-ring (bicyclic) bond motifs is 2. The van der Waals surface area contributed by atoms with E-state index in [1.807, 2.05) is 16.7 Å². The monoisotopic (exact) mass is 802 g/mol. The normalized spacial score (nSPS) is 12.1. The van der Waals surface area contributed by atoms with Crippen molar-refractivity contribution in [2.45, 2.75) is 25.2 Å². The molecule has 4 aromatic heterocycles. The molecule has 0 aliphatic rings. The van der Waals surface area contributed by atoms with Crippen LogP contribution in [0.4, 0.5) is 8.78 Å². The number of aromatic hydroxyl groups is 2. The van der Waals surface area contributed by atoms with Crippen molar-refractivity contribution in [3.63, 3.8) is 0 Å². The summed E-state index contributed by atoms with van der Waals surface area (Å²) < 4.78 is 30.8. The Hall–Kier alpha value is -7.28. The lowest BCUT2D eigenvalue weighted by Gasteiger charge is -2.22. The number of nitrogens with zero attached hydrogens (tertiary/aromatic N) is 6. The topological polar surface area (TPSA) is 256 Å². The number of carbonyl (C=O) groups is 4. The van der Waals surface area contributed by atoms with Crippen molar-refractivity contribution >= 4 is 68.8 Å². The molecule has 6 N–H and O–H groups in total. The average Bonchev–Trinajstić information content (AvgIpc) is 3.64. The minimum absolute atomic E-state index is 0.0178. The molecule has 2 aromatic carbocycles. The molecule has 56 heavy (non-hydrogen) atoms. The van der Waals surface area contributed by atoms with E-state index in [0.29, 0.717) is 5.56 Å². The van der Waals surface area contributed by atoms with E-state index in [1.165, 1.54) is 53.1 Å². The van der Waals surface area contributed by atoms with E-state index in [4.69, 9.17) is 23.2 Å². The first kappa shape index (κ1) is 38.4. The van der Waals surface area contributed by atoms with Crippen molar-refractivity contribution in [1.29, 1.82) is 10.5 Å². The summed E-state index contributed by atoms with van der Waals surface area (Å²) in [5.74, 6) is -9.92. The van der Waals surface area contributed by atoms with Gasteiger partial charge in [0.2, 0.25) is 0 Å². The number of nitrogens with one attached hydrogen (secondary N) is 2. The van der Waals surface area contributed by atoms with Crippen LogP contribution >= 0.6 is 23.2 Å². The zero-order valence-electron chi connectivity index (χ0n) is 28.0. The number of pyridine rings is 2. The Bertz CT molecular complexity index is 2740. The molecular formula is C36H22Cl2F2N8O8. The minimum Gasteiger partial charge on any atom is -0.505 e. The van der Waals surface area contributed by atoms with Crippen molar-refractivity contribution in [3.8, 4) is 23.6 Å². The second-order valence-corrected chi connectivity index (χ2v) is 12.7. The molecule has 0 radical (unpaired) electrons. The Morgan fingerprint density at radius 1 is 0.839 bits per heavy atom. The lowest BCUT2D eigenvalue weighted by Crippen LogP contribution is -2.59. The first-order valence-electron chi connectivity index (χ1n) is 15.8. The predicted octanol–water partition coefficient (Wildman–Crippen LogP) is 4.29. The van der Waals surface area contributed by atoms with E-state index in [-0.39, 0.29) is 56.3 Å². The summed E-state index contributed by atoms with van der Waals surface area (Å²) >= 11 is 12.8. The third-order valence-electron chi connectivity index (χ3n) is 8.59. The van der Waals surface area contributed by atoms with Gasteiger partial charge in [0.1, 0.15) is 34.6 Å². The lowest BCUT2D eigenvalue weighted by atomic mass is 10.1. The molecule has 4 heterocycles. The van der Waals surface area contributed by atoms with Crippen LogP contribution in [0.2, 0.25) is 10.2 Å². The van der Waals surface area contributed by atoms with Crippen LogP contribution in [-0.2, 0) is 22.7 Å². The molecule has 0 saturated heterocycles. The molecule has 16 nitrogen and oxygen atoms in total. The third kappa shape index (κ3) is 6.93. The Labute approximate surface area is 322 Å². The van der Waals surface area contributed by atoms with Gasteiger partial charge in [-0.25, -0.2) is 28.3 Å². The Morgan fingerprint density at radius 3 is 2.11 bits per heavy atom. The number of carboxylic acids is 2. The van der Waals surface area contributed by atoms with Gasteiger partial charge in [-0.1, -0.05) is 53.5 Å². The van der Waals surface area contributed by atoms with Crippen LogP contribution < -0.4 is 10.6 Å². The molecule has 0 spiro atoms. The van der Waals surface area contributed by atoms with Gasteiger partial charge >= 0.3 is 11.9 Å².